The Labute approximate surface area is 105 Å². The maximum absolute atomic E-state index is 5.66. The van der Waals surface area contributed by atoms with Crippen molar-refractivity contribution in [2.45, 2.75) is 20.1 Å². The monoisotopic (exact) mass is 249 g/mol. The highest BCUT2D eigenvalue weighted by Gasteiger charge is 2.07. The Hall–Kier alpha value is -2.08. The molecule has 0 saturated heterocycles. The maximum atomic E-state index is 5.66. The molecule has 18 heavy (non-hydrogen) atoms. The van der Waals surface area contributed by atoms with Crippen molar-refractivity contribution in [3.05, 3.63) is 35.5 Å². The molecule has 1 heterocycles. The van der Waals surface area contributed by atoms with Gasteiger partial charge in [-0.05, 0) is 25.1 Å². The van der Waals surface area contributed by atoms with Gasteiger partial charge in [0, 0.05) is 12.1 Å². The van der Waals surface area contributed by atoms with Crippen LogP contribution in [0.25, 0.3) is 0 Å². The van der Waals surface area contributed by atoms with Crippen molar-refractivity contribution >= 4 is 0 Å². The van der Waals surface area contributed by atoms with Crippen LogP contribution in [0.3, 0.4) is 0 Å². The van der Waals surface area contributed by atoms with Crippen molar-refractivity contribution in [3.63, 3.8) is 0 Å². The lowest BCUT2D eigenvalue weighted by molar-refractivity contribution is 0.240. The van der Waals surface area contributed by atoms with E-state index in [-0.39, 0.29) is 6.61 Å². The zero-order valence-electron chi connectivity index (χ0n) is 10.3. The van der Waals surface area contributed by atoms with Gasteiger partial charge in [0.05, 0.1) is 7.11 Å². The summed E-state index contributed by atoms with van der Waals surface area (Å²) in [5.41, 5.74) is 6.53. The topological polar surface area (TPSA) is 83.4 Å². The lowest BCUT2D eigenvalue weighted by Crippen LogP contribution is -2.03. The lowest BCUT2D eigenvalue weighted by Gasteiger charge is -2.10. The molecule has 0 spiro atoms. The van der Waals surface area contributed by atoms with Crippen LogP contribution < -0.4 is 15.2 Å². The van der Waals surface area contributed by atoms with Gasteiger partial charge in [-0.1, -0.05) is 5.16 Å². The van der Waals surface area contributed by atoms with Crippen molar-refractivity contribution in [2.75, 3.05) is 7.11 Å². The van der Waals surface area contributed by atoms with Gasteiger partial charge in [0.15, 0.2) is 12.4 Å². The van der Waals surface area contributed by atoms with Crippen LogP contribution in [-0.2, 0) is 13.2 Å². The van der Waals surface area contributed by atoms with E-state index in [4.69, 9.17) is 19.7 Å². The van der Waals surface area contributed by atoms with E-state index in [1.54, 1.807) is 14.0 Å². The van der Waals surface area contributed by atoms with Crippen molar-refractivity contribution in [1.29, 1.82) is 0 Å². The largest absolute Gasteiger partial charge is 0.497 e. The van der Waals surface area contributed by atoms with E-state index in [0.717, 1.165) is 11.3 Å². The van der Waals surface area contributed by atoms with Gasteiger partial charge < -0.3 is 19.7 Å². The van der Waals surface area contributed by atoms with E-state index in [0.29, 0.717) is 24.0 Å². The molecule has 0 radical (unpaired) electrons. The molecule has 0 atom stereocenters. The van der Waals surface area contributed by atoms with E-state index < -0.39 is 0 Å². The molecule has 2 aromatic rings. The standard InChI is InChI=1S/C12H15N3O3/c1-8-14-12(18-15-8)7-17-11-4-3-10(16-2)5-9(11)6-13/h3-5H,6-7,13H2,1-2H3. The summed E-state index contributed by atoms with van der Waals surface area (Å²) in [5.74, 6) is 2.46. The highest BCUT2D eigenvalue weighted by Crippen LogP contribution is 2.24. The van der Waals surface area contributed by atoms with E-state index in [1.807, 2.05) is 18.2 Å². The second-order valence-corrected chi connectivity index (χ2v) is 3.70. The highest BCUT2D eigenvalue weighted by molar-refractivity contribution is 5.40. The number of aromatic nitrogens is 2. The average molecular weight is 249 g/mol. The van der Waals surface area contributed by atoms with Crippen molar-refractivity contribution in [2.24, 2.45) is 5.73 Å². The van der Waals surface area contributed by atoms with Crippen LogP contribution in [-0.4, -0.2) is 17.3 Å². The molecule has 0 aliphatic carbocycles. The zero-order valence-corrected chi connectivity index (χ0v) is 10.3. The molecular weight excluding hydrogens is 234 g/mol. The fourth-order valence-electron chi connectivity index (χ4n) is 1.52. The molecule has 1 aromatic heterocycles. The predicted molar refractivity (Wildman–Crippen MR) is 64.3 cm³/mol. The van der Waals surface area contributed by atoms with Gasteiger partial charge >= 0.3 is 0 Å². The lowest BCUT2D eigenvalue weighted by atomic mass is 10.2. The Morgan fingerprint density at radius 1 is 1.39 bits per heavy atom. The van der Waals surface area contributed by atoms with Crippen LogP contribution in [0.5, 0.6) is 11.5 Å². The number of ether oxygens (including phenoxy) is 2. The van der Waals surface area contributed by atoms with Crippen LogP contribution in [0.2, 0.25) is 0 Å². The minimum atomic E-state index is 0.222. The van der Waals surface area contributed by atoms with Crippen LogP contribution in [0.4, 0.5) is 0 Å². The first-order valence-corrected chi connectivity index (χ1v) is 5.52. The smallest absolute Gasteiger partial charge is 0.264 e. The number of hydrogen-bond acceptors (Lipinski definition) is 6. The molecule has 0 saturated carbocycles. The first-order chi connectivity index (χ1) is 8.72. The third kappa shape index (κ3) is 2.78. The molecule has 0 aliphatic rings. The fourth-order valence-corrected chi connectivity index (χ4v) is 1.52. The Balaban J connectivity index is 2.08. The number of hydrogen-bond donors (Lipinski definition) is 1. The number of benzene rings is 1. The summed E-state index contributed by atoms with van der Waals surface area (Å²) in [5, 5.41) is 3.69. The molecule has 0 aliphatic heterocycles. The van der Waals surface area contributed by atoms with Gasteiger partial charge in [0.25, 0.3) is 5.89 Å². The van der Waals surface area contributed by atoms with E-state index in [1.165, 1.54) is 0 Å². The van der Waals surface area contributed by atoms with Gasteiger partial charge in [-0.25, -0.2) is 0 Å². The summed E-state index contributed by atoms with van der Waals surface area (Å²) >= 11 is 0. The Morgan fingerprint density at radius 3 is 2.83 bits per heavy atom. The van der Waals surface area contributed by atoms with Crippen LogP contribution in [0.1, 0.15) is 17.3 Å². The number of aryl methyl sites for hydroxylation is 1. The van der Waals surface area contributed by atoms with Gasteiger partial charge in [0.2, 0.25) is 0 Å². The zero-order chi connectivity index (χ0) is 13.0. The number of rotatable bonds is 5. The second kappa shape index (κ2) is 5.50. The van der Waals surface area contributed by atoms with E-state index >= 15 is 0 Å². The molecule has 6 heteroatoms. The molecule has 2 rings (SSSR count). The van der Waals surface area contributed by atoms with Crippen LogP contribution in [0.15, 0.2) is 22.7 Å². The third-order valence-electron chi connectivity index (χ3n) is 2.41. The number of nitrogens with zero attached hydrogens (tertiary/aromatic N) is 2. The average Bonchev–Trinajstić information content (AvgIpc) is 2.82. The summed E-state index contributed by atoms with van der Waals surface area (Å²) in [4.78, 5) is 4.06. The highest BCUT2D eigenvalue weighted by atomic mass is 16.5. The Morgan fingerprint density at radius 2 is 2.22 bits per heavy atom. The van der Waals surface area contributed by atoms with Crippen LogP contribution in [0, 0.1) is 6.92 Å². The number of nitrogens with two attached hydrogens (primary N) is 1. The molecule has 0 fully saturated rings. The summed E-state index contributed by atoms with van der Waals surface area (Å²) in [7, 11) is 1.61. The summed E-state index contributed by atoms with van der Waals surface area (Å²) in [6.45, 7) is 2.35. The second-order valence-electron chi connectivity index (χ2n) is 3.70. The van der Waals surface area contributed by atoms with E-state index in [9.17, 15) is 0 Å². The van der Waals surface area contributed by atoms with Crippen molar-refractivity contribution in [1.82, 2.24) is 10.1 Å². The predicted octanol–water partition coefficient (Wildman–Crippen LogP) is 1.42. The molecule has 2 N–H and O–H groups in total. The molecular formula is C12H15N3O3. The molecule has 6 nitrogen and oxygen atoms in total. The van der Waals surface area contributed by atoms with Crippen molar-refractivity contribution < 1.29 is 14.0 Å². The molecule has 0 bridgehead atoms. The molecule has 0 unspecified atom stereocenters. The quantitative estimate of drug-likeness (QED) is 0.862. The van der Waals surface area contributed by atoms with Crippen molar-refractivity contribution in [3.8, 4) is 11.5 Å². The number of methoxy groups -OCH3 is 1. The maximum Gasteiger partial charge on any atom is 0.264 e. The third-order valence-corrected chi connectivity index (χ3v) is 2.41. The SMILES string of the molecule is COc1ccc(OCc2nc(C)no2)c(CN)c1. The summed E-state index contributed by atoms with van der Waals surface area (Å²) in [6, 6.07) is 5.46. The molecule has 96 valence electrons. The summed E-state index contributed by atoms with van der Waals surface area (Å²) < 4.78 is 15.7. The molecule has 0 amide bonds. The minimum Gasteiger partial charge on any atom is -0.497 e. The van der Waals surface area contributed by atoms with Gasteiger partial charge in [-0.3, -0.25) is 0 Å². The Bertz CT molecular complexity index is 525. The molecule has 1 aromatic carbocycles. The van der Waals surface area contributed by atoms with Gasteiger partial charge in [-0.15, -0.1) is 0 Å². The normalized spacial score (nSPS) is 10.4. The van der Waals surface area contributed by atoms with Gasteiger partial charge in [0.1, 0.15) is 11.5 Å². The first-order valence-electron chi connectivity index (χ1n) is 5.52. The van der Waals surface area contributed by atoms with Crippen LogP contribution >= 0.6 is 0 Å². The summed E-state index contributed by atoms with van der Waals surface area (Å²) in [6.07, 6.45) is 0. The Kier molecular flexibility index (Phi) is 3.78. The fraction of sp³-hybridized carbons (Fsp3) is 0.333. The minimum absolute atomic E-state index is 0.222. The van der Waals surface area contributed by atoms with Gasteiger partial charge in [-0.2, -0.15) is 4.98 Å². The van der Waals surface area contributed by atoms with E-state index in [2.05, 4.69) is 10.1 Å². The first kappa shape index (κ1) is 12.4.